The number of aliphatic hydroxyl groups excluding tert-OH is 1. The Morgan fingerprint density at radius 2 is 1.96 bits per heavy atom. The third-order valence-corrected chi connectivity index (χ3v) is 4.66. The monoisotopic (exact) mass is 352 g/mol. The topological polar surface area (TPSA) is 47.3 Å². The van der Waals surface area contributed by atoms with E-state index in [1.165, 1.54) is 5.56 Å². The highest BCUT2D eigenvalue weighted by Crippen LogP contribution is 2.24. The van der Waals surface area contributed by atoms with Crippen LogP contribution < -0.4 is 4.74 Å². The van der Waals surface area contributed by atoms with Crippen LogP contribution in [0.1, 0.15) is 49.2 Å². The lowest BCUT2D eigenvalue weighted by Crippen LogP contribution is -2.11. The van der Waals surface area contributed by atoms with Crippen molar-refractivity contribution in [2.24, 2.45) is 0 Å². The van der Waals surface area contributed by atoms with Crippen molar-refractivity contribution < 1.29 is 9.84 Å². The van der Waals surface area contributed by atoms with Gasteiger partial charge in [0.15, 0.2) is 0 Å². The zero-order chi connectivity index (χ0) is 18.5. The Bertz CT molecular complexity index is 870. The first-order valence-electron chi connectivity index (χ1n) is 9.43. The number of ether oxygens (including phenoxy) is 1. The molecule has 1 N–H and O–H groups in total. The normalized spacial score (nSPS) is 12.5. The summed E-state index contributed by atoms with van der Waals surface area (Å²) >= 11 is 0. The van der Waals surface area contributed by atoms with Crippen LogP contribution in [0.3, 0.4) is 0 Å². The van der Waals surface area contributed by atoms with Crippen molar-refractivity contribution in [3.63, 3.8) is 0 Å². The number of aryl methyl sites for hydroxylation is 3. The van der Waals surface area contributed by atoms with Crippen molar-refractivity contribution in [3.05, 3.63) is 59.4 Å². The van der Waals surface area contributed by atoms with E-state index in [1.807, 2.05) is 24.3 Å². The average Bonchev–Trinajstić information content (AvgIpc) is 2.99. The van der Waals surface area contributed by atoms with Gasteiger partial charge in [0.25, 0.3) is 0 Å². The Morgan fingerprint density at radius 1 is 1.15 bits per heavy atom. The van der Waals surface area contributed by atoms with Crippen molar-refractivity contribution >= 4 is 11.0 Å². The molecule has 0 aliphatic carbocycles. The fourth-order valence-electron chi connectivity index (χ4n) is 3.35. The molecule has 0 radical (unpaired) electrons. The Kier molecular flexibility index (Phi) is 5.94. The number of nitrogens with zero attached hydrogens (tertiary/aromatic N) is 2. The minimum absolute atomic E-state index is 0.521. The van der Waals surface area contributed by atoms with E-state index in [0.717, 1.165) is 54.0 Å². The van der Waals surface area contributed by atoms with Crippen LogP contribution in [0.4, 0.5) is 0 Å². The number of aromatic nitrogens is 2. The van der Waals surface area contributed by atoms with Crippen LogP contribution in [0.25, 0.3) is 11.0 Å². The van der Waals surface area contributed by atoms with Gasteiger partial charge in [-0.05, 0) is 50.5 Å². The number of hydrogen-bond acceptors (Lipinski definition) is 3. The van der Waals surface area contributed by atoms with Gasteiger partial charge in [0.05, 0.1) is 17.6 Å². The zero-order valence-electron chi connectivity index (χ0n) is 15.9. The first kappa shape index (κ1) is 18.5. The number of fused-ring (bicyclic) bond motifs is 1. The molecule has 0 aliphatic heterocycles. The highest BCUT2D eigenvalue weighted by atomic mass is 16.5. The van der Waals surface area contributed by atoms with Crippen LogP contribution in [0, 0.1) is 13.8 Å². The summed E-state index contributed by atoms with van der Waals surface area (Å²) in [6, 6.07) is 14.3. The molecule has 2 aromatic carbocycles. The smallest absolute Gasteiger partial charge is 0.138 e. The van der Waals surface area contributed by atoms with E-state index >= 15 is 0 Å². The highest BCUT2D eigenvalue weighted by Gasteiger charge is 2.17. The third kappa shape index (κ3) is 4.07. The summed E-state index contributed by atoms with van der Waals surface area (Å²) in [5.74, 6) is 1.71. The standard InChI is InChI=1S/C22H28N2O2/c1-4-8-20(25)22-23-18-9-5-6-10-19(18)24(22)13-7-14-26-21-12-11-16(2)15-17(21)3/h5-6,9-12,15,20,25H,4,7-8,13-14H2,1-3H3. The molecule has 0 bridgehead atoms. The molecule has 4 nitrogen and oxygen atoms in total. The predicted molar refractivity (Wildman–Crippen MR) is 106 cm³/mol. The molecule has 0 saturated carbocycles. The second-order valence-electron chi connectivity index (χ2n) is 6.89. The van der Waals surface area contributed by atoms with Gasteiger partial charge in [0.2, 0.25) is 0 Å². The van der Waals surface area contributed by atoms with E-state index in [9.17, 15) is 5.11 Å². The van der Waals surface area contributed by atoms with Gasteiger partial charge in [-0.3, -0.25) is 0 Å². The van der Waals surface area contributed by atoms with Gasteiger partial charge in [-0.15, -0.1) is 0 Å². The first-order valence-corrected chi connectivity index (χ1v) is 9.43. The fourth-order valence-corrected chi connectivity index (χ4v) is 3.35. The molecule has 1 heterocycles. The molecule has 4 heteroatoms. The summed E-state index contributed by atoms with van der Waals surface area (Å²) < 4.78 is 8.09. The number of rotatable bonds is 8. The highest BCUT2D eigenvalue weighted by molar-refractivity contribution is 5.76. The molecule has 0 aliphatic rings. The maximum atomic E-state index is 10.5. The van der Waals surface area contributed by atoms with E-state index in [2.05, 4.69) is 48.5 Å². The Labute approximate surface area is 155 Å². The molecule has 0 fully saturated rings. The summed E-state index contributed by atoms with van der Waals surface area (Å²) in [5, 5.41) is 10.5. The summed E-state index contributed by atoms with van der Waals surface area (Å²) in [7, 11) is 0. The summed E-state index contributed by atoms with van der Waals surface area (Å²) in [6.07, 6.45) is 2.00. The lowest BCUT2D eigenvalue weighted by atomic mass is 10.1. The Balaban J connectivity index is 1.70. The summed E-state index contributed by atoms with van der Waals surface area (Å²) in [6.45, 7) is 7.66. The van der Waals surface area contributed by atoms with Crippen molar-refractivity contribution in [2.45, 2.75) is 52.7 Å². The van der Waals surface area contributed by atoms with Crippen molar-refractivity contribution in [1.82, 2.24) is 9.55 Å². The zero-order valence-corrected chi connectivity index (χ0v) is 15.9. The van der Waals surface area contributed by atoms with Gasteiger partial charge in [0, 0.05) is 6.54 Å². The third-order valence-electron chi connectivity index (χ3n) is 4.66. The number of aliphatic hydroxyl groups is 1. The lowest BCUT2D eigenvalue weighted by molar-refractivity contribution is 0.152. The Hall–Kier alpha value is -2.33. The van der Waals surface area contributed by atoms with Crippen LogP contribution in [0.5, 0.6) is 5.75 Å². The predicted octanol–water partition coefficient (Wildman–Crippen LogP) is 4.96. The molecule has 3 aromatic rings. The van der Waals surface area contributed by atoms with Gasteiger partial charge in [-0.1, -0.05) is 43.2 Å². The van der Waals surface area contributed by atoms with Gasteiger partial charge >= 0.3 is 0 Å². The quantitative estimate of drug-likeness (QED) is 0.583. The maximum absolute atomic E-state index is 10.5. The van der Waals surface area contributed by atoms with E-state index < -0.39 is 6.10 Å². The minimum Gasteiger partial charge on any atom is -0.493 e. The fraction of sp³-hybridized carbons (Fsp3) is 0.409. The minimum atomic E-state index is -0.521. The maximum Gasteiger partial charge on any atom is 0.138 e. The van der Waals surface area contributed by atoms with Crippen molar-refractivity contribution in [3.8, 4) is 5.75 Å². The number of benzene rings is 2. The molecule has 0 spiro atoms. The van der Waals surface area contributed by atoms with E-state index in [4.69, 9.17) is 4.74 Å². The van der Waals surface area contributed by atoms with Gasteiger partial charge in [-0.25, -0.2) is 4.98 Å². The molecule has 0 saturated heterocycles. The molecule has 26 heavy (non-hydrogen) atoms. The Morgan fingerprint density at radius 3 is 2.73 bits per heavy atom. The van der Waals surface area contributed by atoms with Crippen LogP contribution in [0.2, 0.25) is 0 Å². The van der Waals surface area contributed by atoms with Crippen LogP contribution in [-0.4, -0.2) is 21.3 Å². The molecular weight excluding hydrogens is 324 g/mol. The van der Waals surface area contributed by atoms with Crippen LogP contribution in [0.15, 0.2) is 42.5 Å². The summed E-state index contributed by atoms with van der Waals surface area (Å²) in [4.78, 5) is 4.66. The lowest BCUT2D eigenvalue weighted by Gasteiger charge is -2.14. The average molecular weight is 352 g/mol. The van der Waals surface area contributed by atoms with Crippen molar-refractivity contribution in [1.29, 1.82) is 0 Å². The molecular formula is C22H28N2O2. The van der Waals surface area contributed by atoms with Gasteiger partial charge in [0.1, 0.15) is 17.7 Å². The van der Waals surface area contributed by atoms with Gasteiger partial charge in [-0.2, -0.15) is 0 Å². The molecule has 1 unspecified atom stereocenters. The second-order valence-corrected chi connectivity index (χ2v) is 6.89. The second kappa shape index (κ2) is 8.37. The molecule has 1 atom stereocenters. The molecule has 0 amide bonds. The number of para-hydroxylation sites is 2. The molecule has 3 rings (SSSR count). The largest absolute Gasteiger partial charge is 0.493 e. The molecule has 1 aromatic heterocycles. The number of hydrogen-bond donors (Lipinski definition) is 1. The SMILES string of the molecule is CCCC(O)c1nc2ccccc2n1CCCOc1ccc(C)cc1C. The van der Waals surface area contributed by atoms with Crippen LogP contribution >= 0.6 is 0 Å². The van der Waals surface area contributed by atoms with E-state index in [-0.39, 0.29) is 0 Å². The number of imidazole rings is 1. The van der Waals surface area contributed by atoms with E-state index in [1.54, 1.807) is 0 Å². The van der Waals surface area contributed by atoms with Gasteiger partial charge < -0.3 is 14.4 Å². The van der Waals surface area contributed by atoms with E-state index in [0.29, 0.717) is 6.61 Å². The molecule has 138 valence electrons. The first-order chi connectivity index (χ1) is 12.6. The van der Waals surface area contributed by atoms with Crippen LogP contribution in [-0.2, 0) is 6.54 Å². The summed E-state index contributed by atoms with van der Waals surface area (Å²) in [5.41, 5.74) is 4.42. The van der Waals surface area contributed by atoms with Crippen molar-refractivity contribution in [2.75, 3.05) is 6.61 Å².